The van der Waals surface area contributed by atoms with Gasteiger partial charge in [-0.3, -0.25) is 0 Å². The second-order valence-electron chi connectivity index (χ2n) is 14.5. The maximum Gasteiger partial charge on any atom is 0.491 e. The van der Waals surface area contributed by atoms with Gasteiger partial charge < -0.3 is 20.3 Å². The van der Waals surface area contributed by atoms with E-state index in [1.807, 2.05) is 24.3 Å². The third kappa shape index (κ3) is 12.7. The van der Waals surface area contributed by atoms with Gasteiger partial charge in [-0.05, 0) is 78.1 Å². The van der Waals surface area contributed by atoms with Crippen molar-refractivity contribution < 1.29 is 37.1 Å². The molecule has 6 aromatic rings. The van der Waals surface area contributed by atoms with E-state index in [2.05, 4.69) is 26.1 Å². The SMILES string of the molecule is C.Cc1nn(S(=O)(=O)N(C)C)cc1-c1ccc(C(O)(CC#N)c2ccc(Cl)cc2)cc1.Cc1nn(S(=O)(=O)N(C)C)cc1B(O)O.N#CCC(O)(c1ccc(Cl)cc1)c1ccc(Br)cc1. The monoisotopic (exact) mass is 1030 g/mol. The summed E-state index contributed by atoms with van der Waals surface area (Å²) in [6, 6.07) is 31.9. The van der Waals surface area contributed by atoms with Gasteiger partial charge in [0.2, 0.25) is 0 Å². The zero-order valence-electron chi connectivity index (χ0n) is 35.3. The minimum absolute atomic E-state index is 0. The standard InChI is InChI=1S/C21H21ClN4O3S.C15H11BrClNO.C6H12BN3O4S.CH4/c1-15-20(14-26(24-15)30(28,29)25(2)3)16-4-6-17(7-5-16)21(27,12-13-23)18-8-10-19(22)11-9-18;16-13-5-1-11(2-6-13)15(19,9-10-18)12-3-7-14(17)8-4-12;1-5-6(7(11)12)4-10(8-5)15(13,14)9(2)3;/h4-11,14,27H,12H2,1-3H3;1-8,19H,9H2;4,11-12H,1-3H3;1H4. The lowest BCUT2D eigenvalue weighted by Gasteiger charge is -2.27. The van der Waals surface area contributed by atoms with Gasteiger partial charge in [0.1, 0.15) is 11.2 Å². The van der Waals surface area contributed by atoms with Crippen molar-refractivity contribution in [3.63, 3.8) is 0 Å². The molecule has 344 valence electrons. The van der Waals surface area contributed by atoms with Crippen LogP contribution in [0.2, 0.25) is 10.0 Å². The maximum absolute atomic E-state index is 12.3. The van der Waals surface area contributed by atoms with E-state index in [0.717, 1.165) is 28.9 Å². The van der Waals surface area contributed by atoms with Crippen molar-refractivity contribution in [3.8, 4) is 23.3 Å². The zero-order valence-corrected chi connectivity index (χ0v) is 40.1. The highest BCUT2D eigenvalue weighted by atomic mass is 79.9. The molecule has 0 fully saturated rings. The Kier molecular flexibility index (Phi) is 18.8. The summed E-state index contributed by atoms with van der Waals surface area (Å²) in [7, 11) is -3.53. The molecule has 6 rings (SSSR count). The van der Waals surface area contributed by atoms with E-state index in [1.54, 1.807) is 91.9 Å². The highest BCUT2D eigenvalue weighted by Gasteiger charge is 2.33. The molecule has 65 heavy (non-hydrogen) atoms. The van der Waals surface area contributed by atoms with Crippen LogP contribution in [-0.2, 0) is 31.6 Å². The highest BCUT2D eigenvalue weighted by molar-refractivity contribution is 9.10. The van der Waals surface area contributed by atoms with Crippen molar-refractivity contribution in [3.05, 3.63) is 158 Å². The molecule has 16 nitrogen and oxygen atoms in total. The van der Waals surface area contributed by atoms with Gasteiger partial charge in [-0.2, -0.15) is 54.3 Å². The first kappa shape index (κ1) is 54.4. The Morgan fingerprint density at radius 3 is 1.32 bits per heavy atom. The molecule has 0 bridgehead atoms. The first-order valence-electron chi connectivity index (χ1n) is 18.8. The van der Waals surface area contributed by atoms with E-state index in [-0.39, 0.29) is 31.4 Å². The van der Waals surface area contributed by atoms with Crippen molar-refractivity contribution in [2.75, 3.05) is 28.2 Å². The summed E-state index contributed by atoms with van der Waals surface area (Å²) in [4.78, 5) is 0. The van der Waals surface area contributed by atoms with Crippen LogP contribution in [0.4, 0.5) is 0 Å². The molecule has 2 aromatic heterocycles. The Morgan fingerprint density at radius 2 is 0.985 bits per heavy atom. The largest absolute Gasteiger partial charge is 0.491 e. The molecular formula is C43H48BBrCl2N8O8S2. The number of benzene rings is 4. The van der Waals surface area contributed by atoms with Crippen LogP contribution in [0.5, 0.6) is 0 Å². The fourth-order valence-corrected chi connectivity index (χ4v) is 8.18. The number of hydrogen-bond donors (Lipinski definition) is 4. The van der Waals surface area contributed by atoms with E-state index in [4.69, 9.17) is 38.5 Å². The highest BCUT2D eigenvalue weighted by Crippen LogP contribution is 2.36. The second-order valence-corrected chi connectivity index (χ2v) is 20.3. The molecule has 4 N–H and O–H groups in total. The lowest BCUT2D eigenvalue weighted by molar-refractivity contribution is 0.0856. The Bertz CT molecular complexity index is 2810. The summed E-state index contributed by atoms with van der Waals surface area (Å²) in [5.41, 5.74) is 1.90. The molecule has 2 atom stereocenters. The lowest BCUT2D eigenvalue weighted by atomic mass is 9.81. The molecule has 0 aliphatic rings. The van der Waals surface area contributed by atoms with Crippen LogP contribution in [0, 0.1) is 36.5 Å². The van der Waals surface area contributed by atoms with E-state index in [9.17, 15) is 32.3 Å². The third-order valence-corrected chi connectivity index (χ3v) is 14.0. The molecule has 0 amide bonds. The number of halogens is 3. The number of aliphatic hydroxyl groups is 2. The van der Waals surface area contributed by atoms with Crippen LogP contribution in [0.25, 0.3) is 11.1 Å². The van der Waals surface area contributed by atoms with Gasteiger partial charge in [-0.1, -0.05) is 107 Å². The first-order chi connectivity index (χ1) is 29.9. The molecule has 0 saturated carbocycles. The molecule has 0 saturated heterocycles. The number of aromatic nitrogens is 4. The van der Waals surface area contributed by atoms with E-state index in [0.29, 0.717) is 47.6 Å². The van der Waals surface area contributed by atoms with Crippen LogP contribution in [0.15, 0.2) is 114 Å². The van der Waals surface area contributed by atoms with Gasteiger partial charge in [0.25, 0.3) is 0 Å². The number of aryl methyl sites for hydroxylation is 2. The Balaban J connectivity index is 0.000000276. The Hall–Kier alpha value is -4.94. The van der Waals surface area contributed by atoms with Crippen molar-refractivity contribution >= 4 is 72.1 Å². The average Bonchev–Trinajstić information content (AvgIpc) is 3.85. The molecule has 0 aliphatic heterocycles. The summed E-state index contributed by atoms with van der Waals surface area (Å²) < 4.78 is 52.4. The number of nitrogens with zero attached hydrogens (tertiary/aromatic N) is 8. The topological polar surface area (TPSA) is 239 Å². The smallest absolute Gasteiger partial charge is 0.423 e. The molecule has 2 unspecified atom stereocenters. The second kappa shape index (κ2) is 22.5. The predicted molar refractivity (Wildman–Crippen MR) is 255 cm³/mol. The van der Waals surface area contributed by atoms with Gasteiger partial charge in [-0.25, -0.2) is 0 Å². The van der Waals surface area contributed by atoms with Gasteiger partial charge in [-0.15, -0.1) is 0 Å². The van der Waals surface area contributed by atoms with Gasteiger partial charge in [0, 0.05) is 59.9 Å². The van der Waals surface area contributed by atoms with Crippen LogP contribution in [0.3, 0.4) is 0 Å². The van der Waals surface area contributed by atoms with Gasteiger partial charge in [0.05, 0.1) is 42.6 Å². The van der Waals surface area contributed by atoms with E-state index >= 15 is 0 Å². The Labute approximate surface area is 398 Å². The summed E-state index contributed by atoms with van der Waals surface area (Å²) in [5.74, 6) is 0. The van der Waals surface area contributed by atoms with Gasteiger partial charge in [0.15, 0.2) is 0 Å². The molecule has 0 spiro atoms. The predicted octanol–water partition coefficient (Wildman–Crippen LogP) is 5.73. The van der Waals surface area contributed by atoms with Crippen molar-refractivity contribution in [2.24, 2.45) is 0 Å². The molecule has 22 heteroatoms. The molecule has 0 aliphatic carbocycles. The fraction of sp³-hybridized carbons (Fsp3) is 0.256. The minimum atomic E-state index is -3.71. The van der Waals surface area contributed by atoms with Crippen molar-refractivity contribution in [1.29, 1.82) is 10.5 Å². The third-order valence-electron chi connectivity index (χ3n) is 9.78. The molecule has 4 aromatic carbocycles. The fourth-order valence-electron chi connectivity index (χ4n) is 6.06. The summed E-state index contributed by atoms with van der Waals surface area (Å²) >= 11 is 15.1. The van der Waals surface area contributed by atoms with Crippen LogP contribution >= 0.6 is 39.1 Å². The Morgan fingerprint density at radius 1 is 0.646 bits per heavy atom. The van der Waals surface area contributed by atoms with Gasteiger partial charge >= 0.3 is 27.5 Å². The summed E-state index contributed by atoms with van der Waals surface area (Å²) in [6.07, 6.45) is 2.39. The maximum atomic E-state index is 12.3. The summed E-state index contributed by atoms with van der Waals surface area (Å²) in [5, 5.41) is 67.1. The number of hydrogen-bond acceptors (Lipinski definition) is 12. The zero-order chi connectivity index (χ0) is 47.8. The van der Waals surface area contributed by atoms with Crippen LogP contribution in [0.1, 0.15) is 53.9 Å². The summed E-state index contributed by atoms with van der Waals surface area (Å²) in [6.45, 7) is 3.22. The quantitative estimate of drug-likeness (QED) is 0.108. The number of nitriles is 2. The first-order valence-corrected chi connectivity index (χ1v) is 23.2. The van der Waals surface area contributed by atoms with E-state index in [1.165, 1.54) is 41.3 Å². The number of rotatable bonds is 12. The normalized spacial score (nSPS) is 13.1. The molecule has 0 radical (unpaired) electrons. The van der Waals surface area contributed by atoms with Crippen LogP contribution in [-0.4, -0.2) is 99.4 Å². The van der Waals surface area contributed by atoms with Crippen molar-refractivity contribution in [1.82, 2.24) is 27.0 Å². The molecular weight excluding hydrogens is 982 g/mol. The van der Waals surface area contributed by atoms with Crippen LogP contribution < -0.4 is 5.46 Å². The minimum Gasteiger partial charge on any atom is -0.423 e. The van der Waals surface area contributed by atoms with Crippen molar-refractivity contribution in [2.45, 2.75) is 45.3 Å². The molecule has 2 heterocycles. The average molecular weight is 1030 g/mol. The van der Waals surface area contributed by atoms with E-state index < -0.39 is 38.7 Å². The lowest BCUT2D eigenvalue weighted by Crippen LogP contribution is -2.32.